The first kappa shape index (κ1) is 13.3. The number of nitrogens with zero attached hydrogens (tertiary/aromatic N) is 3. The van der Waals surface area contributed by atoms with E-state index in [0.717, 1.165) is 23.4 Å². The Kier molecular flexibility index (Phi) is 3.35. The minimum Gasteiger partial charge on any atom is -0.480 e. The van der Waals surface area contributed by atoms with Crippen molar-refractivity contribution in [3.05, 3.63) is 12.7 Å². The lowest BCUT2D eigenvalue weighted by molar-refractivity contribution is -0.143. The van der Waals surface area contributed by atoms with Gasteiger partial charge in [-0.3, -0.25) is 10.1 Å². The summed E-state index contributed by atoms with van der Waals surface area (Å²) in [5, 5.41) is 13.3. The number of hydrogen-bond donors (Lipinski definition) is 3. The zero-order valence-electron chi connectivity index (χ0n) is 11.0. The highest BCUT2D eigenvalue weighted by atomic mass is 32.2. The van der Waals surface area contributed by atoms with Gasteiger partial charge in [0.15, 0.2) is 5.65 Å². The summed E-state index contributed by atoms with van der Waals surface area (Å²) in [6, 6.07) is 0.328. The fraction of sp³-hybridized carbons (Fsp3) is 0.500. The van der Waals surface area contributed by atoms with Gasteiger partial charge in [-0.1, -0.05) is 0 Å². The predicted molar refractivity (Wildman–Crippen MR) is 74.6 cm³/mol. The molecule has 2 aromatic rings. The molecule has 1 atom stereocenters. The highest BCUT2D eigenvalue weighted by Gasteiger charge is 2.38. The monoisotopic (exact) mass is 293 g/mol. The average molecular weight is 293 g/mol. The number of carboxylic acids is 1. The number of carbonyl (C=O) groups is 1. The number of aliphatic carboxylic acids is 1. The van der Waals surface area contributed by atoms with Crippen molar-refractivity contribution < 1.29 is 9.90 Å². The first-order valence-corrected chi connectivity index (χ1v) is 7.35. The second kappa shape index (κ2) is 5.02. The van der Waals surface area contributed by atoms with Gasteiger partial charge in [0, 0.05) is 11.8 Å². The van der Waals surface area contributed by atoms with Gasteiger partial charge in [0.2, 0.25) is 0 Å². The van der Waals surface area contributed by atoms with Gasteiger partial charge in [-0.25, -0.2) is 15.0 Å². The second-order valence-corrected chi connectivity index (χ2v) is 6.09. The standard InChI is InChI=1S/C12H15N5O2S/c1-12(11(18)19,17-7-2-3-7)4-20-10-8-9(14-5-13-8)15-6-16-10/h5-7,17H,2-4H2,1H3,(H,18,19)(H,13,14,15,16). The van der Waals surface area contributed by atoms with Crippen molar-refractivity contribution in [3.63, 3.8) is 0 Å². The molecule has 0 bridgehead atoms. The number of hydrogen-bond acceptors (Lipinski definition) is 6. The van der Waals surface area contributed by atoms with Crippen LogP contribution < -0.4 is 5.32 Å². The number of nitrogens with one attached hydrogen (secondary N) is 2. The largest absolute Gasteiger partial charge is 0.480 e. The van der Waals surface area contributed by atoms with E-state index in [9.17, 15) is 9.90 Å². The molecule has 2 aromatic heterocycles. The molecule has 0 saturated heterocycles. The molecule has 1 unspecified atom stereocenters. The minimum atomic E-state index is -0.955. The molecule has 20 heavy (non-hydrogen) atoms. The van der Waals surface area contributed by atoms with Crippen molar-refractivity contribution in [2.45, 2.75) is 36.4 Å². The molecule has 3 N–H and O–H groups in total. The van der Waals surface area contributed by atoms with E-state index in [1.807, 2.05) is 0 Å². The number of H-pyrrole nitrogens is 1. The van der Waals surface area contributed by atoms with Crippen LogP contribution in [0, 0.1) is 0 Å². The van der Waals surface area contributed by atoms with Crippen molar-refractivity contribution in [1.82, 2.24) is 25.3 Å². The van der Waals surface area contributed by atoms with Crippen LogP contribution in [0.25, 0.3) is 11.2 Å². The van der Waals surface area contributed by atoms with Crippen LogP contribution >= 0.6 is 11.8 Å². The molecule has 2 heterocycles. The number of carboxylic acid groups (broad SMARTS) is 1. The maximum atomic E-state index is 11.5. The number of aromatic amines is 1. The van der Waals surface area contributed by atoms with Crippen LogP contribution in [0.4, 0.5) is 0 Å². The van der Waals surface area contributed by atoms with E-state index in [1.54, 1.807) is 13.3 Å². The van der Waals surface area contributed by atoms with E-state index in [2.05, 4.69) is 25.3 Å². The van der Waals surface area contributed by atoms with Crippen molar-refractivity contribution in [2.24, 2.45) is 0 Å². The van der Waals surface area contributed by atoms with E-state index in [1.165, 1.54) is 18.1 Å². The van der Waals surface area contributed by atoms with E-state index >= 15 is 0 Å². The first-order chi connectivity index (χ1) is 9.58. The highest BCUT2D eigenvalue weighted by molar-refractivity contribution is 7.99. The molecule has 1 fully saturated rings. The number of thioether (sulfide) groups is 1. The van der Waals surface area contributed by atoms with Gasteiger partial charge in [-0.2, -0.15) is 0 Å². The average Bonchev–Trinajstić information content (AvgIpc) is 3.09. The van der Waals surface area contributed by atoms with Gasteiger partial charge in [-0.05, 0) is 19.8 Å². The van der Waals surface area contributed by atoms with Gasteiger partial charge in [0.05, 0.1) is 6.33 Å². The second-order valence-electron chi connectivity index (χ2n) is 5.12. The zero-order chi connectivity index (χ0) is 14.2. The molecular weight excluding hydrogens is 278 g/mol. The van der Waals surface area contributed by atoms with Crippen molar-refractivity contribution in [2.75, 3.05) is 5.75 Å². The number of rotatable bonds is 6. The Morgan fingerprint density at radius 1 is 1.55 bits per heavy atom. The van der Waals surface area contributed by atoms with Gasteiger partial charge >= 0.3 is 5.97 Å². The molecule has 106 valence electrons. The molecule has 0 radical (unpaired) electrons. The van der Waals surface area contributed by atoms with Crippen molar-refractivity contribution in [1.29, 1.82) is 0 Å². The van der Waals surface area contributed by atoms with E-state index in [4.69, 9.17) is 0 Å². The Morgan fingerprint density at radius 2 is 2.35 bits per heavy atom. The van der Waals surface area contributed by atoms with Crippen LogP contribution in [0.15, 0.2) is 17.7 Å². The minimum absolute atomic E-state index is 0.328. The Morgan fingerprint density at radius 3 is 3.05 bits per heavy atom. The molecule has 1 aliphatic carbocycles. The fourth-order valence-corrected chi connectivity index (χ4v) is 2.96. The molecule has 1 aliphatic rings. The summed E-state index contributed by atoms with van der Waals surface area (Å²) in [4.78, 5) is 26.8. The summed E-state index contributed by atoms with van der Waals surface area (Å²) in [5.41, 5.74) is 0.384. The molecular formula is C12H15N5O2S. The molecule has 1 saturated carbocycles. The lowest BCUT2D eigenvalue weighted by Gasteiger charge is -2.25. The van der Waals surface area contributed by atoms with E-state index in [0.29, 0.717) is 17.4 Å². The zero-order valence-corrected chi connectivity index (χ0v) is 11.8. The third-order valence-corrected chi connectivity index (χ3v) is 4.56. The van der Waals surface area contributed by atoms with Crippen LogP contribution in [-0.2, 0) is 4.79 Å². The normalized spacial score (nSPS) is 18.1. The molecule has 0 spiro atoms. The smallest absolute Gasteiger partial charge is 0.324 e. The molecule has 7 nitrogen and oxygen atoms in total. The lowest BCUT2D eigenvalue weighted by atomic mass is 10.1. The summed E-state index contributed by atoms with van der Waals surface area (Å²) in [6.45, 7) is 1.71. The Hall–Kier alpha value is -1.67. The number of aromatic nitrogens is 4. The van der Waals surface area contributed by atoms with Gasteiger partial charge in [-0.15, -0.1) is 11.8 Å². The van der Waals surface area contributed by atoms with Gasteiger partial charge in [0.1, 0.15) is 22.4 Å². The SMILES string of the molecule is CC(CSc1ncnc2nc[nH]c12)(NC1CC1)C(=O)O. The quantitative estimate of drug-likeness (QED) is 0.540. The number of imidazole rings is 1. The molecule has 3 rings (SSSR count). The predicted octanol–water partition coefficient (Wildman–Crippen LogP) is 1.04. The summed E-state index contributed by atoms with van der Waals surface area (Å²) >= 11 is 1.39. The third kappa shape index (κ3) is 2.61. The van der Waals surface area contributed by atoms with E-state index < -0.39 is 11.5 Å². The Labute approximate surface area is 119 Å². The molecule has 0 aliphatic heterocycles. The maximum absolute atomic E-state index is 11.5. The molecule has 0 aromatic carbocycles. The fourth-order valence-electron chi connectivity index (χ4n) is 1.91. The third-order valence-electron chi connectivity index (χ3n) is 3.26. The summed E-state index contributed by atoms with van der Waals surface area (Å²) < 4.78 is 0. The van der Waals surface area contributed by atoms with Gasteiger partial charge < -0.3 is 10.1 Å². The van der Waals surface area contributed by atoms with Crippen LogP contribution in [0.1, 0.15) is 19.8 Å². The lowest BCUT2D eigenvalue weighted by Crippen LogP contribution is -2.52. The van der Waals surface area contributed by atoms with Crippen LogP contribution in [0.2, 0.25) is 0 Å². The van der Waals surface area contributed by atoms with Crippen LogP contribution in [0.5, 0.6) is 0 Å². The van der Waals surface area contributed by atoms with Crippen molar-refractivity contribution >= 4 is 28.9 Å². The Bertz CT molecular complexity index is 642. The first-order valence-electron chi connectivity index (χ1n) is 6.36. The highest BCUT2D eigenvalue weighted by Crippen LogP contribution is 2.28. The Balaban J connectivity index is 1.76. The van der Waals surface area contributed by atoms with E-state index in [-0.39, 0.29) is 0 Å². The topological polar surface area (TPSA) is 104 Å². The summed E-state index contributed by atoms with van der Waals surface area (Å²) in [7, 11) is 0. The van der Waals surface area contributed by atoms with Gasteiger partial charge in [0.25, 0.3) is 0 Å². The molecule has 8 heteroatoms. The van der Waals surface area contributed by atoms with Crippen molar-refractivity contribution in [3.8, 4) is 0 Å². The summed E-state index contributed by atoms with van der Waals surface area (Å²) in [6.07, 6.45) is 5.10. The maximum Gasteiger partial charge on any atom is 0.324 e. The summed E-state index contributed by atoms with van der Waals surface area (Å²) in [5.74, 6) is -0.448. The molecule has 0 amide bonds. The van der Waals surface area contributed by atoms with Crippen LogP contribution in [-0.4, -0.2) is 48.3 Å². The van der Waals surface area contributed by atoms with Crippen LogP contribution in [0.3, 0.4) is 0 Å². The number of fused-ring (bicyclic) bond motifs is 1.